The fourth-order valence-corrected chi connectivity index (χ4v) is 2.26. The Balaban J connectivity index is 0.00000312. The average molecular weight is 377 g/mol. The molecular formula is C17H20ClF3N2O2. The molecule has 2 N–H and O–H groups in total. The van der Waals surface area contributed by atoms with Crippen molar-refractivity contribution in [2.45, 2.75) is 32.6 Å². The number of carbonyl (C=O) groups is 1. The third kappa shape index (κ3) is 5.24. The van der Waals surface area contributed by atoms with Crippen LogP contribution >= 0.6 is 12.4 Å². The molecule has 138 valence electrons. The van der Waals surface area contributed by atoms with Gasteiger partial charge in [-0.05, 0) is 38.1 Å². The van der Waals surface area contributed by atoms with Crippen molar-refractivity contribution in [1.29, 1.82) is 0 Å². The fourth-order valence-electron chi connectivity index (χ4n) is 2.26. The van der Waals surface area contributed by atoms with Crippen LogP contribution in [0.2, 0.25) is 0 Å². The molecule has 0 saturated heterocycles. The number of amides is 1. The van der Waals surface area contributed by atoms with E-state index in [-0.39, 0.29) is 24.9 Å². The Morgan fingerprint density at radius 3 is 2.28 bits per heavy atom. The summed E-state index contributed by atoms with van der Waals surface area (Å²) in [5.74, 6) is 0.800. The van der Waals surface area contributed by atoms with E-state index in [9.17, 15) is 18.0 Å². The summed E-state index contributed by atoms with van der Waals surface area (Å²) in [5.41, 5.74) is 5.43. The second kappa shape index (κ2) is 8.40. The van der Waals surface area contributed by atoms with Crippen molar-refractivity contribution < 1.29 is 22.4 Å². The Kier molecular flexibility index (Phi) is 7.07. The maximum atomic E-state index is 12.6. The van der Waals surface area contributed by atoms with Crippen molar-refractivity contribution in [3.05, 3.63) is 47.7 Å². The van der Waals surface area contributed by atoms with Crippen molar-refractivity contribution in [3.63, 3.8) is 0 Å². The van der Waals surface area contributed by atoms with E-state index in [1.54, 1.807) is 24.0 Å². The van der Waals surface area contributed by atoms with E-state index < -0.39 is 17.8 Å². The summed E-state index contributed by atoms with van der Waals surface area (Å²) in [7, 11) is 0. The van der Waals surface area contributed by atoms with Crippen molar-refractivity contribution in [2.75, 3.05) is 6.54 Å². The summed E-state index contributed by atoms with van der Waals surface area (Å²) in [5, 5.41) is 0. The van der Waals surface area contributed by atoms with Crippen LogP contribution in [0.5, 0.6) is 0 Å². The van der Waals surface area contributed by atoms with E-state index >= 15 is 0 Å². The first-order valence-corrected chi connectivity index (χ1v) is 7.53. The molecule has 1 aromatic carbocycles. The highest BCUT2D eigenvalue weighted by Crippen LogP contribution is 2.31. The van der Waals surface area contributed by atoms with Crippen molar-refractivity contribution in [3.8, 4) is 11.3 Å². The average Bonchev–Trinajstić information content (AvgIpc) is 2.99. The van der Waals surface area contributed by atoms with Gasteiger partial charge in [0.05, 0.1) is 18.2 Å². The standard InChI is InChI=1S/C17H19F3N2O2.ClH/c1-3-22(16(23)11(2)21)10-14-8-9-15(24-14)12-4-6-13(7-5-12)17(18,19)20;/h4-9,11H,3,10,21H2,1-2H3;1H/t11-;/m1./s1. The third-order valence-electron chi connectivity index (χ3n) is 3.59. The van der Waals surface area contributed by atoms with Crippen LogP contribution in [0.25, 0.3) is 11.3 Å². The number of furan rings is 1. The Hall–Kier alpha value is -1.99. The number of halogens is 4. The van der Waals surface area contributed by atoms with Gasteiger partial charge in [0.25, 0.3) is 0 Å². The molecule has 1 heterocycles. The van der Waals surface area contributed by atoms with Crippen LogP contribution in [-0.4, -0.2) is 23.4 Å². The molecule has 0 aliphatic heterocycles. The monoisotopic (exact) mass is 376 g/mol. The molecule has 0 aliphatic rings. The van der Waals surface area contributed by atoms with Crippen molar-refractivity contribution in [1.82, 2.24) is 4.90 Å². The quantitative estimate of drug-likeness (QED) is 0.855. The Morgan fingerprint density at radius 2 is 1.80 bits per heavy atom. The van der Waals surface area contributed by atoms with E-state index in [0.717, 1.165) is 12.1 Å². The van der Waals surface area contributed by atoms with Gasteiger partial charge in [0.15, 0.2) is 0 Å². The second-order valence-corrected chi connectivity index (χ2v) is 5.48. The maximum Gasteiger partial charge on any atom is 0.416 e. The van der Waals surface area contributed by atoms with Gasteiger partial charge in [-0.1, -0.05) is 12.1 Å². The number of hydrogen-bond donors (Lipinski definition) is 1. The van der Waals surface area contributed by atoms with Gasteiger partial charge in [-0.3, -0.25) is 4.79 Å². The highest BCUT2D eigenvalue weighted by molar-refractivity contribution is 5.85. The predicted octanol–water partition coefficient (Wildman–Crippen LogP) is 4.08. The lowest BCUT2D eigenvalue weighted by molar-refractivity contribution is -0.137. The number of hydrogen-bond acceptors (Lipinski definition) is 3. The highest BCUT2D eigenvalue weighted by Gasteiger charge is 2.30. The van der Waals surface area contributed by atoms with Gasteiger partial charge >= 0.3 is 6.18 Å². The number of benzene rings is 1. The van der Waals surface area contributed by atoms with E-state index in [4.69, 9.17) is 10.2 Å². The molecule has 0 bridgehead atoms. The zero-order valence-corrected chi connectivity index (χ0v) is 14.7. The minimum absolute atomic E-state index is 0. The molecule has 1 atom stereocenters. The lowest BCUT2D eigenvalue weighted by atomic mass is 10.1. The summed E-state index contributed by atoms with van der Waals surface area (Å²) < 4.78 is 43.4. The smallest absolute Gasteiger partial charge is 0.416 e. The first-order valence-electron chi connectivity index (χ1n) is 7.53. The first kappa shape index (κ1) is 21.1. The zero-order chi connectivity index (χ0) is 17.9. The molecule has 0 radical (unpaired) electrons. The van der Waals surface area contributed by atoms with E-state index in [1.165, 1.54) is 12.1 Å². The first-order chi connectivity index (χ1) is 11.2. The molecule has 0 spiro atoms. The lowest BCUT2D eigenvalue weighted by Gasteiger charge is -2.21. The minimum atomic E-state index is -4.37. The molecule has 0 fully saturated rings. The molecule has 8 heteroatoms. The molecular weight excluding hydrogens is 357 g/mol. The lowest BCUT2D eigenvalue weighted by Crippen LogP contribution is -2.41. The van der Waals surface area contributed by atoms with Crippen molar-refractivity contribution >= 4 is 18.3 Å². The summed E-state index contributed by atoms with van der Waals surface area (Å²) in [6, 6.07) is 7.50. The van der Waals surface area contributed by atoms with Crippen molar-refractivity contribution in [2.24, 2.45) is 5.73 Å². The topological polar surface area (TPSA) is 59.5 Å². The van der Waals surface area contributed by atoms with Gasteiger partial charge in [0, 0.05) is 12.1 Å². The van der Waals surface area contributed by atoms with Crippen LogP contribution < -0.4 is 5.73 Å². The molecule has 1 amide bonds. The van der Waals surface area contributed by atoms with E-state index in [2.05, 4.69) is 0 Å². The number of nitrogens with zero attached hydrogens (tertiary/aromatic N) is 1. The summed E-state index contributed by atoms with van der Waals surface area (Å²) in [6.07, 6.45) is -4.37. The van der Waals surface area contributed by atoms with E-state index in [0.29, 0.717) is 23.6 Å². The summed E-state index contributed by atoms with van der Waals surface area (Å²) in [4.78, 5) is 13.5. The Bertz CT molecular complexity index is 697. The van der Waals surface area contributed by atoms with Gasteiger partial charge in [0.2, 0.25) is 5.91 Å². The second-order valence-electron chi connectivity index (χ2n) is 5.48. The maximum absolute atomic E-state index is 12.6. The zero-order valence-electron chi connectivity index (χ0n) is 13.8. The fraction of sp³-hybridized carbons (Fsp3) is 0.353. The van der Waals surface area contributed by atoms with Gasteiger partial charge in [0.1, 0.15) is 11.5 Å². The number of alkyl halides is 3. The largest absolute Gasteiger partial charge is 0.459 e. The van der Waals surface area contributed by atoms with Gasteiger partial charge in [-0.25, -0.2) is 0 Å². The van der Waals surface area contributed by atoms with Gasteiger partial charge in [-0.2, -0.15) is 13.2 Å². The minimum Gasteiger partial charge on any atom is -0.459 e. The number of rotatable bonds is 5. The van der Waals surface area contributed by atoms with Crippen LogP contribution in [0.3, 0.4) is 0 Å². The Labute approximate surface area is 150 Å². The van der Waals surface area contributed by atoms with E-state index in [1.807, 2.05) is 6.92 Å². The highest BCUT2D eigenvalue weighted by atomic mass is 35.5. The molecule has 0 saturated carbocycles. The van der Waals surface area contributed by atoms with Gasteiger partial charge < -0.3 is 15.1 Å². The molecule has 2 rings (SSSR count). The Morgan fingerprint density at radius 1 is 1.20 bits per heavy atom. The predicted molar refractivity (Wildman–Crippen MR) is 91.1 cm³/mol. The molecule has 0 unspecified atom stereocenters. The molecule has 1 aromatic heterocycles. The molecule has 2 aromatic rings. The molecule has 25 heavy (non-hydrogen) atoms. The van der Waals surface area contributed by atoms with Crippen LogP contribution in [0.4, 0.5) is 13.2 Å². The van der Waals surface area contributed by atoms with Crippen LogP contribution in [0.15, 0.2) is 40.8 Å². The van der Waals surface area contributed by atoms with Gasteiger partial charge in [-0.15, -0.1) is 12.4 Å². The number of nitrogens with two attached hydrogens (primary N) is 1. The SMILES string of the molecule is CCN(Cc1ccc(-c2ccc(C(F)(F)F)cc2)o1)C(=O)[C@@H](C)N.Cl. The molecule has 0 aliphatic carbocycles. The number of carbonyl (C=O) groups excluding carboxylic acids is 1. The van der Waals surface area contributed by atoms with Crippen LogP contribution in [0, 0.1) is 0 Å². The normalized spacial score (nSPS) is 12.4. The van der Waals surface area contributed by atoms with Crippen LogP contribution in [-0.2, 0) is 17.5 Å². The third-order valence-corrected chi connectivity index (χ3v) is 3.59. The number of likely N-dealkylation sites (N-methyl/N-ethyl adjacent to an activating group) is 1. The molecule has 4 nitrogen and oxygen atoms in total. The summed E-state index contributed by atoms with van der Waals surface area (Å²) in [6.45, 7) is 4.19. The summed E-state index contributed by atoms with van der Waals surface area (Å²) >= 11 is 0. The van der Waals surface area contributed by atoms with Crippen LogP contribution in [0.1, 0.15) is 25.2 Å².